The first kappa shape index (κ1) is 12.3. The Kier molecular flexibility index (Phi) is 5.59. The van der Waals surface area contributed by atoms with Gasteiger partial charge in [-0.1, -0.05) is 19.3 Å². The zero-order chi connectivity index (χ0) is 11.1. The highest BCUT2D eigenvalue weighted by molar-refractivity contribution is 4.64. The van der Waals surface area contributed by atoms with Crippen LogP contribution < -0.4 is 0 Å². The maximum absolute atomic E-state index is 5.72. The van der Waals surface area contributed by atoms with Crippen molar-refractivity contribution in [3.8, 4) is 0 Å². The Balaban J connectivity index is 1.47. The first-order chi connectivity index (χ1) is 7.95. The minimum absolute atomic E-state index is 0.0138. The van der Waals surface area contributed by atoms with E-state index in [1.54, 1.807) is 0 Å². The van der Waals surface area contributed by atoms with Crippen LogP contribution in [0.15, 0.2) is 0 Å². The Morgan fingerprint density at radius 2 is 1.69 bits per heavy atom. The van der Waals surface area contributed by atoms with E-state index < -0.39 is 0 Å². The molecule has 0 aromatic heterocycles. The van der Waals surface area contributed by atoms with E-state index in [1.807, 2.05) is 0 Å². The van der Waals surface area contributed by atoms with Gasteiger partial charge in [-0.2, -0.15) is 0 Å². The molecule has 0 amide bonds. The van der Waals surface area contributed by atoms with Gasteiger partial charge in [0.2, 0.25) is 0 Å². The third kappa shape index (κ3) is 4.40. The third-order valence-electron chi connectivity index (χ3n) is 3.47. The molecular formula is C13H24O3. The number of hydrogen-bond acceptors (Lipinski definition) is 3. The summed E-state index contributed by atoms with van der Waals surface area (Å²) < 4.78 is 16.7. The molecule has 0 unspecified atom stereocenters. The Bertz CT molecular complexity index is 152. The van der Waals surface area contributed by atoms with Crippen molar-refractivity contribution in [2.45, 2.75) is 51.2 Å². The van der Waals surface area contributed by atoms with Gasteiger partial charge in [-0.05, 0) is 25.2 Å². The number of rotatable bonds is 5. The van der Waals surface area contributed by atoms with Crippen molar-refractivity contribution < 1.29 is 14.2 Å². The molecule has 0 atom stereocenters. The fourth-order valence-corrected chi connectivity index (χ4v) is 2.49. The van der Waals surface area contributed by atoms with E-state index in [2.05, 4.69) is 0 Å². The fraction of sp³-hybridized carbons (Fsp3) is 1.00. The van der Waals surface area contributed by atoms with Gasteiger partial charge in [-0.15, -0.1) is 0 Å². The summed E-state index contributed by atoms with van der Waals surface area (Å²) in [5.74, 6) is 0.807. The van der Waals surface area contributed by atoms with E-state index in [9.17, 15) is 0 Å². The lowest BCUT2D eigenvalue weighted by Crippen LogP contribution is -2.26. The van der Waals surface area contributed by atoms with E-state index in [0.29, 0.717) is 0 Å². The molecule has 2 aliphatic rings. The largest absolute Gasteiger partial charge is 0.381 e. The molecule has 1 saturated carbocycles. The van der Waals surface area contributed by atoms with Crippen molar-refractivity contribution in [3.63, 3.8) is 0 Å². The zero-order valence-corrected chi connectivity index (χ0v) is 10.2. The van der Waals surface area contributed by atoms with Gasteiger partial charge < -0.3 is 14.2 Å². The number of hydrogen-bond donors (Lipinski definition) is 0. The van der Waals surface area contributed by atoms with Crippen LogP contribution in [-0.4, -0.2) is 32.7 Å². The summed E-state index contributed by atoms with van der Waals surface area (Å²) in [7, 11) is 0. The molecule has 1 heterocycles. The van der Waals surface area contributed by atoms with Gasteiger partial charge in [0, 0.05) is 13.0 Å². The molecule has 1 saturated heterocycles. The van der Waals surface area contributed by atoms with Crippen LogP contribution in [0.5, 0.6) is 0 Å². The molecule has 3 nitrogen and oxygen atoms in total. The lowest BCUT2D eigenvalue weighted by atomic mass is 9.90. The minimum atomic E-state index is -0.0138. The summed E-state index contributed by atoms with van der Waals surface area (Å²) in [6.45, 7) is 3.40. The molecule has 16 heavy (non-hydrogen) atoms. The molecule has 2 fully saturated rings. The highest BCUT2D eigenvalue weighted by Crippen LogP contribution is 2.23. The Hall–Kier alpha value is -0.120. The Morgan fingerprint density at radius 3 is 2.44 bits per heavy atom. The standard InChI is InChI=1S/C13H24O3/c1-2-5-12(6-3-1)11-14-10-7-13-15-8-4-9-16-13/h12-13H,1-11H2. The zero-order valence-electron chi connectivity index (χ0n) is 10.2. The molecule has 94 valence electrons. The van der Waals surface area contributed by atoms with Crippen LogP contribution in [0.1, 0.15) is 44.9 Å². The second kappa shape index (κ2) is 7.25. The normalized spacial score (nSPS) is 24.8. The van der Waals surface area contributed by atoms with Gasteiger partial charge in [-0.3, -0.25) is 0 Å². The second-order valence-corrected chi connectivity index (χ2v) is 4.89. The van der Waals surface area contributed by atoms with E-state index in [-0.39, 0.29) is 6.29 Å². The molecule has 0 bridgehead atoms. The predicted molar refractivity (Wildman–Crippen MR) is 62.3 cm³/mol. The molecular weight excluding hydrogens is 204 g/mol. The molecule has 0 radical (unpaired) electrons. The quantitative estimate of drug-likeness (QED) is 0.677. The van der Waals surface area contributed by atoms with Gasteiger partial charge >= 0.3 is 0 Å². The van der Waals surface area contributed by atoms with Crippen LogP contribution in [0.4, 0.5) is 0 Å². The van der Waals surface area contributed by atoms with Crippen molar-refractivity contribution in [1.82, 2.24) is 0 Å². The van der Waals surface area contributed by atoms with E-state index in [4.69, 9.17) is 14.2 Å². The smallest absolute Gasteiger partial charge is 0.159 e. The monoisotopic (exact) mass is 228 g/mol. The van der Waals surface area contributed by atoms with Crippen LogP contribution in [0.3, 0.4) is 0 Å². The Labute approximate surface area is 98.4 Å². The topological polar surface area (TPSA) is 27.7 Å². The summed E-state index contributed by atoms with van der Waals surface area (Å²) in [5.41, 5.74) is 0. The van der Waals surface area contributed by atoms with Crippen molar-refractivity contribution in [2.24, 2.45) is 5.92 Å². The molecule has 0 N–H and O–H groups in total. The van der Waals surface area contributed by atoms with Crippen LogP contribution in [-0.2, 0) is 14.2 Å². The van der Waals surface area contributed by atoms with Gasteiger partial charge in [-0.25, -0.2) is 0 Å². The van der Waals surface area contributed by atoms with Gasteiger partial charge in [0.05, 0.1) is 19.8 Å². The van der Waals surface area contributed by atoms with Crippen molar-refractivity contribution in [3.05, 3.63) is 0 Å². The van der Waals surface area contributed by atoms with Crippen LogP contribution in [0.25, 0.3) is 0 Å². The average molecular weight is 228 g/mol. The summed E-state index contributed by atoms with van der Waals surface area (Å²) in [5, 5.41) is 0. The van der Waals surface area contributed by atoms with E-state index in [0.717, 1.165) is 45.2 Å². The summed E-state index contributed by atoms with van der Waals surface area (Å²) in [4.78, 5) is 0. The SMILES string of the molecule is C1CCC(COCCC2OCCCO2)CC1. The molecule has 0 aromatic carbocycles. The lowest BCUT2D eigenvalue weighted by molar-refractivity contribution is -0.186. The first-order valence-corrected chi connectivity index (χ1v) is 6.76. The fourth-order valence-electron chi connectivity index (χ4n) is 2.49. The summed E-state index contributed by atoms with van der Waals surface area (Å²) in [6.07, 6.45) is 8.81. The average Bonchev–Trinajstić information content (AvgIpc) is 2.37. The van der Waals surface area contributed by atoms with Crippen molar-refractivity contribution in [1.29, 1.82) is 0 Å². The molecule has 0 spiro atoms. The first-order valence-electron chi connectivity index (χ1n) is 6.76. The van der Waals surface area contributed by atoms with Gasteiger partial charge in [0.25, 0.3) is 0 Å². The lowest BCUT2D eigenvalue weighted by Gasteiger charge is -2.24. The van der Waals surface area contributed by atoms with Crippen molar-refractivity contribution >= 4 is 0 Å². The number of ether oxygens (including phenoxy) is 3. The Morgan fingerprint density at radius 1 is 0.938 bits per heavy atom. The van der Waals surface area contributed by atoms with Gasteiger partial charge in [0.1, 0.15) is 0 Å². The minimum Gasteiger partial charge on any atom is -0.381 e. The summed E-state index contributed by atoms with van der Waals surface area (Å²) >= 11 is 0. The molecule has 3 heteroatoms. The highest BCUT2D eigenvalue weighted by Gasteiger charge is 2.15. The molecule has 1 aliphatic heterocycles. The highest BCUT2D eigenvalue weighted by atomic mass is 16.7. The second-order valence-electron chi connectivity index (χ2n) is 4.89. The third-order valence-corrected chi connectivity index (χ3v) is 3.47. The van der Waals surface area contributed by atoms with E-state index >= 15 is 0 Å². The molecule has 1 aliphatic carbocycles. The van der Waals surface area contributed by atoms with Crippen LogP contribution in [0, 0.1) is 5.92 Å². The summed E-state index contributed by atoms with van der Waals surface area (Å²) in [6, 6.07) is 0. The molecule has 0 aromatic rings. The predicted octanol–water partition coefficient (Wildman–Crippen LogP) is 2.74. The maximum Gasteiger partial charge on any atom is 0.159 e. The maximum atomic E-state index is 5.72. The van der Waals surface area contributed by atoms with Gasteiger partial charge in [0.15, 0.2) is 6.29 Å². The van der Waals surface area contributed by atoms with Crippen molar-refractivity contribution in [2.75, 3.05) is 26.4 Å². The van der Waals surface area contributed by atoms with Crippen LogP contribution >= 0.6 is 0 Å². The molecule has 2 rings (SSSR count). The van der Waals surface area contributed by atoms with E-state index in [1.165, 1.54) is 32.1 Å². The van der Waals surface area contributed by atoms with Crippen LogP contribution in [0.2, 0.25) is 0 Å².